The van der Waals surface area contributed by atoms with Crippen molar-refractivity contribution >= 4 is 34.1 Å². The molecule has 2 heterocycles. The number of guanidine groups is 1. The first kappa shape index (κ1) is 19.9. The van der Waals surface area contributed by atoms with Gasteiger partial charge in [0, 0.05) is 42.6 Å². The number of carbonyl (C=O) groups is 1. The number of hydrogen-bond acceptors (Lipinski definition) is 3. The molecule has 3 rings (SSSR count). The number of para-hydroxylation sites is 1. The van der Waals surface area contributed by atoms with E-state index < -0.39 is 0 Å². The Morgan fingerprint density at radius 1 is 1.21 bits per heavy atom. The summed E-state index contributed by atoms with van der Waals surface area (Å²) in [7, 11) is 3.48. The molecule has 0 spiro atoms. The highest BCUT2D eigenvalue weighted by Gasteiger charge is 2.07. The van der Waals surface area contributed by atoms with Gasteiger partial charge in [-0.15, -0.1) is 11.3 Å². The van der Waals surface area contributed by atoms with Gasteiger partial charge in [0.25, 0.3) is 0 Å². The molecule has 7 heteroatoms. The Morgan fingerprint density at radius 2 is 2.07 bits per heavy atom. The van der Waals surface area contributed by atoms with E-state index in [1.165, 1.54) is 26.9 Å². The van der Waals surface area contributed by atoms with E-state index in [0.29, 0.717) is 12.5 Å². The van der Waals surface area contributed by atoms with Gasteiger partial charge in [-0.05, 0) is 35.9 Å². The maximum atomic E-state index is 11.9. The summed E-state index contributed by atoms with van der Waals surface area (Å²) < 4.78 is 0. The number of aryl methyl sites for hydroxylation is 1. The first-order valence-electron chi connectivity index (χ1n) is 9.35. The van der Waals surface area contributed by atoms with Gasteiger partial charge in [-0.3, -0.25) is 4.79 Å². The van der Waals surface area contributed by atoms with E-state index >= 15 is 0 Å². The molecule has 3 aromatic rings. The van der Waals surface area contributed by atoms with Crippen LogP contribution in [0.3, 0.4) is 0 Å². The Bertz CT molecular complexity index is 943. The minimum absolute atomic E-state index is 0.0238. The highest BCUT2D eigenvalue weighted by Crippen LogP contribution is 2.21. The molecule has 28 heavy (non-hydrogen) atoms. The van der Waals surface area contributed by atoms with Crippen molar-refractivity contribution in [3.63, 3.8) is 0 Å². The number of rotatable bonds is 7. The second-order valence-corrected chi connectivity index (χ2v) is 7.91. The first-order valence-corrected chi connectivity index (χ1v) is 10.2. The molecule has 1 amide bonds. The fraction of sp³-hybridized carbons (Fsp3) is 0.333. The maximum Gasteiger partial charge on any atom is 0.243 e. The number of hydrogen-bond donors (Lipinski definition) is 3. The van der Waals surface area contributed by atoms with Gasteiger partial charge >= 0.3 is 0 Å². The molecule has 6 nitrogen and oxygen atoms in total. The highest BCUT2D eigenvalue weighted by atomic mass is 32.1. The lowest BCUT2D eigenvalue weighted by Crippen LogP contribution is -2.39. The lowest BCUT2D eigenvalue weighted by atomic mass is 10.1. The summed E-state index contributed by atoms with van der Waals surface area (Å²) in [6.07, 6.45) is 2.94. The van der Waals surface area contributed by atoms with Crippen molar-refractivity contribution in [2.45, 2.75) is 19.9 Å². The number of aromatic amines is 1. The standard InChI is InChI=1S/C21H27N5OS/c1-15-6-4-8-18-16(12-23-20(15)18)9-10-22-21(25-14-19(27)26(2)3)24-13-17-7-5-11-28-17/h4-8,11-12,23H,9-10,13-14H2,1-3H3,(H2,22,24,25). The third-order valence-corrected chi connectivity index (χ3v) is 5.45. The number of amides is 1. The molecule has 0 aliphatic rings. The number of likely N-dealkylation sites (N-methyl/N-ethyl adjacent to an activating group) is 1. The number of fused-ring (bicyclic) bond motifs is 1. The molecular formula is C21H27N5OS. The van der Waals surface area contributed by atoms with E-state index in [2.05, 4.69) is 63.4 Å². The Morgan fingerprint density at radius 3 is 2.82 bits per heavy atom. The van der Waals surface area contributed by atoms with Crippen LogP contribution in [0.4, 0.5) is 0 Å². The third-order valence-electron chi connectivity index (χ3n) is 4.58. The topological polar surface area (TPSA) is 72.5 Å². The lowest BCUT2D eigenvalue weighted by molar-refractivity contribution is -0.127. The van der Waals surface area contributed by atoms with Gasteiger partial charge in [0.1, 0.15) is 6.54 Å². The molecule has 0 fully saturated rings. The molecule has 148 valence electrons. The quantitative estimate of drug-likeness (QED) is 0.424. The van der Waals surface area contributed by atoms with E-state index in [0.717, 1.165) is 13.0 Å². The van der Waals surface area contributed by atoms with Crippen molar-refractivity contribution in [2.75, 3.05) is 27.2 Å². The van der Waals surface area contributed by atoms with Crippen LogP contribution in [0.15, 0.2) is 46.9 Å². The Balaban J connectivity index is 1.61. The summed E-state index contributed by atoms with van der Waals surface area (Å²) in [4.78, 5) is 22.5. The molecule has 0 radical (unpaired) electrons. The zero-order valence-electron chi connectivity index (χ0n) is 16.6. The van der Waals surface area contributed by atoms with Crippen LogP contribution in [0.1, 0.15) is 16.0 Å². The Labute approximate surface area is 169 Å². The van der Waals surface area contributed by atoms with Gasteiger partial charge in [-0.1, -0.05) is 24.3 Å². The van der Waals surface area contributed by atoms with Gasteiger partial charge in [0.15, 0.2) is 5.96 Å². The van der Waals surface area contributed by atoms with Crippen molar-refractivity contribution in [3.05, 3.63) is 57.9 Å². The van der Waals surface area contributed by atoms with E-state index in [-0.39, 0.29) is 12.5 Å². The maximum absolute atomic E-state index is 11.9. The van der Waals surface area contributed by atoms with Gasteiger partial charge in [0.05, 0.1) is 6.54 Å². The SMILES string of the molecule is Cc1cccc2c(CCNC(=NCC(=O)N(C)C)NCc3cccs3)c[nH]c12. The molecule has 0 unspecified atom stereocenters. The van der Waals surface area contributed by atoms with Gasteiger partial charge in [0.2, 0.25) is 5.91 Å². The predicted octanol–water partition coefficient (Wildman–Crippen LogP) is 2.90. The molecule has 1 aromatic carbocycles. The van der Waals surface area contributed by atoms with Crippen LogP contribution in [-0.4, -0.2) is 48.9 Å². The van der Waals surface area contributed by atoms with Crippen LogP contribution in [0.2, 0.25) is 0 Å². The average Bonchev–Trinajstić information content (AvgIpc) is 3.34. The second kappa shape index (κ2) is 9.41. The molecule has 0 saturated carbocycles. The number of benzene rings is 1. The summed E-state index contributed by atoms with van der Waals surface area (Å²) in [5.41, 5.74) is 3.71. The highest BCUT2D eigenvalue weighted by molar-refractivity contribution is 7.09. The number of nitrogens with one attached hydrogen (secondary N) is 3. The number of thiophene rings is 1. The second-order valence-electron chi connectivity index (χ2n) is 6.87. The van der Waals surface area contributed by atoms with E-state index in [1.807, 2.05) is 6.07 Å². The predicted molar refractivity (Wildman–Crippen MR) is 117 cm³/mol. The van der Waals surface area contributed by atoms with Crippen molar-refractivity contribution in [3.8, 4) is 0 Å². The molecule has 0 atom stereocenters. The fourth-order valence-electron chi connectivity index (χ4n) is 2.93. The molecular weight excluding hydrogens is 370 g/mol. The van der Waals surface area contributed by atoms with Crippen LogP contribution in [0.25, 0.3) is 10.9 Å². The minimum Gasteiger partial charge on any atom is -0.361 e. The average molecular weight is 398 g/mol. The summed E-state index contributed by atoms with van der Waals surface area (Å²) >= 11 is 1.69. The van der Waals surface area contributed by atoms with Gasteiger partial charge < -0.3 is 20.5 Å². The van der Waals surface area contributed by atoms with Gasteiger partial charge in [-0.25, -0.2) is 4.99 Å². The zero-order valence-corrected chi connectivity index (χ0v) is 17.4. The van der Waals surface area contributed by atoms with E-state index in [1.54, 1.807) is 30.3 Å². The van der Waals surface area contributed by atoms with Crippen LogP contribution >= 0.6 is 11.3 Å². The van der Waals surface area contributed by atoms with Crippen LogP contribution in [-0.2, 0) is 17.8 Å². The Kier molecular flexibility index (Phi) is 6.71. The summed E-state index contributed by atoms with van der Waals surface area (Å²) in [6.45, 7) is 3.65. The molecule has 0 aliphatic heterocycles. The van der Waals surface area contributed by atoms with Crippen LogP contribution in [0.5, 0.6) is 0 Å². The molecule has 0 saturated heterocycles. The summed E-state index contributed by atoms with van der Waals surface area (Å²) in [5, 5.41) is 9.98. The number of aromatic nitrogens is 1. The Hall–Kier alpha value is -2.80. The smallest absolute Gasteiger partial charge is 0.243 e. The normalized spacial score (nSPS) is 11.6. The third kappa shape index (κ3) is 5.13. The van der Waals surface area contributed by atoms with Crippen molar-refractivity contribution in [1.29, 1.82) is 0 Å². The first-order chi connectivity index (χ1) is 13.5. The van der Waals surface area contributed by atoms with Crippen LogP contribution < -0.4 is 10.6 Å². The molecule has 2 aromatic heterocycles. The van der Waals surface area contributed by atoms with E-state index in [9.17, 15) is 4.79 Å². The largest absolute Gasteiger partial charge is 0.361 e. The molecule has 3 N–H and O–H groups in total. The van der Waals surface area contributed by atoms with Crippen molar-refractivity contribution in [1.82, 2.24) is 20.5 Å². The van der Waals surface area contributed by atoms with E-state index in [4.69, 9.17) is 0 Å². The van der Waals surface area contributed by atoms with Crippen molar-refractivity contribution < 1.29 is 4.79 Å². The number of H-pyrrole nitrogens is 1. The lowest BCUT2D eigenvalue weighted by Gasteiger charge is -2.13. The van der Waals surface area contributed by atoms with Crippen molar-refractivity contribution in [2.24, 2.45) is 4.99 Å². The molecule has 0 bridgehead atoms. The summed E-state index contributed by atoms with van der Waals surface area (Å²) in [6, 6.07) is 10.5. The number of carbonyl (C=O) groups excluding carboxylic acids is 1. The van der Waals surface area contributed by atoms with Crippen LogP contribution in [0, 0.1) is 6.92 Å². The molecule has 0 aliphatic carbocycles. The monoisotopic (exact) mass is 397 g/mol. The number of aliphatic imine (C=N–C) groups is 1. The number of nitrogens with zero attached hydrogens (tertiary/aromatic N) is 2. The zero-order chi connectivity index (χ0) is 19.9. The fourth-order valence-corrected chi connectivity index (χ4v) is 3.58. The summed E-state index contributed by atoms with van der Waals surface area (Å²) in [5.74, 6) is 0.629. The van der Waals surface area contributed by atoms with Gasteiger partial charge in [-0.2, -0.15) is 0 Å². The minimum atomic E-state index is -0.0238.